The van der Waals surface area contributed by atoms with E-state index < -0.39 is 10.0 Å². The molecule has 3 nitrogen and oxygen atoms in total. The zero-order valence-corrected chi connectivity index (χ0v) is 11.0. The maximum Gasteiger partial charge on any atom is 0.243 e. The lowest BCUT2D eigenvalue weighted by Gasteiger charge is -2.07. The molecule has 0 fully saturated rings. The maximum atomic E-state index is 12.4. The Balaban J connectivity index is 2.05. The van der Waals surface area contributed by atoms with Gasteiger partial charge < -0.3 is 0 Å². The number of benzene rings is 2. The molecular formula is C15H13NO2S. The van der Waals surface area contributed by atoms with Crippen molar-refractivity contribution in [2.45, 2.75) is 5.75 Å². The van der Waals surface area contributed by atoms with Crippen LogP contribution in [0.15, 0.2) is 66.9 Å². The minimum Gasteiger partial charge on any atom is -0.245 e. The Bertz CT molecular complexity index is 804. The lowest BCUT2D eigenvalue weighted by atomic mass is 10.2. The van der Waals surface area contributed by atoms with Crippen molar-refractivity contribution in [3.05, 3.63) is 72.4 Å². The minimum atomic E-state index is -3.38. The highest BCUT2D eigenvalue weighted by Gasteiger charge is 2.16. The van der Waals surface area contributed by atoms with Crippen molar-refractivity contribution in [1.82, 2.24) is 3.97 Å². The first-order chi connectivity index (χ1) is 9.17. The smallest absolute Gasteiger partial charge is 0.243 e. The molecule has 0 N–H and O–H groups in total. The van der Waals surface area contributed by atoms with Gasteiger partial charge in [0.1, 0.15) is 0 Å². The monoisotopic (exact) mass is 271 g/mol. The van der Waals surface area contributed by atoms with Crippen molar-refractivity contribution in [2.24, 2.45) is 0 Å². The first kappa shape index (κ1) is 12.0. The van der Waals surface area contributed by atoms with Gasteiger partial charge in [0.15, 0.2) is 0 Å². The summed E-state index contributed by atoms with van der Waals surface area (Å²) in [5, 5.41) is 0.930. The molecule has 19 heavy (non-hydrogen) atoms. The quantitative estimate of drug-likeness (QED) is 0.734. The Hall–Kier alpha value is -2.07. The topological polar surface area (TPSA) is 39.1 Å². The highest BCUT2D eigenvalue weighted by molar-refractivity contribution is 7.89. The number of hydrogen-bond acceptors (Lipinski definition) is 2. The van der Waals surface area contributed by atoms with Crippen LogP contribution < -0.4 is 0 Å². The number of aromatic nitrogens is 1. The van der Waals surface area contributed by atoms with Gasteiger partial charge >= 0.3 is 0 Å². The molecule has 3 rings (SSSR count). The van der Waals surface area contributed by atoms with E-state index in [1.165, 1.54) is 3.97 Å². The van der Waals surface area contributed by atoms with Gasteiger partial charge in [0.2, 0.25) is 10.0 Å². The fourth-order valence-electron chi connectivity index (χ4n) is 2.15. The summed E-state index contributed by atoms with van der Waals surface area (Å²) >= 11 is 0. The van der Waals surface area contributed by atoms with E-state index in [1.54, 1.807) is 6.20 Å². The van der Waals surface area contributed by atoms with Crippen molar-refractivity contribution in [2.75, 3.05) is 0 Å². The van der Waals surface area contributed by atoms with Gasteiger partial charge in [0.05, 0.1) is 11.3 Å². The van der Waals surface area contributed by atoms with E-state index in [4.69, 9.17) is 0 Å². The highest BCUT2D eigenvalue weighted by atomic mass is 32.2. The zero-order valence-electron chi connectivity index (χ0n) is 10.2. The van der Waals surface area contributed by atoms with Gasteiger partial charge in [-0.1, -0.05) is 48.5 Å². The van der Waals surface area contributed by atoms with Gasteiger partial charge in [-0.25, -0.2) is 12.4 Å². The molecule has 0 saturated carbocycles. The molecule has 0 amide bonds. The Morgan fingerprint density at radius 2 is 1.53 bits per heavy atom. The number of fused-ring (bicyclic) bond motifs is 1. The fraction of sp³-hybridized carbons (Fsp3) is 0.0667. The van der Waals surface area contributed by atoms with Gasteiger partial charge in [-0.2, -0.15) is 0 Å². The van der Waals surface area contributed by atoms with Gasteiger partial charge in [-0.15, -0.1) is 0 Å². The van der Waals surface area contributed by atoms with Crippen molar-refractivity contribution in [3.8, 4) is 0 Å². The third kappa shape index (κ3) is 2.27. The molecule has 0 saturated heterocycles. The molecule has 0 aliphatic rings. The van der Waals surface area contributed by atoms with Crippen molar-refractivity contribution in [1.29, 1.82) is 0 Å². The zero-order chi connectivity index (χ0) is 13.3. The largest absolute Gasteiger partial charge is 0.245 e. The van der Waals surface area contributed by atoms with Crippen LogP contribution in [0.5, 0.6) is 0 Å². The Kier molecular flexibility index (Phi) is 2.87. The predicted octanol–water partition coefficient (Wildman–Crippen LogP) is 3.02. The second-order valence-electron chi connectivity index (χ2n) is 4.41. The molecule has 0 spiro atoms. The van der Waals surface area contributed by atoms with Crippen LogP contribution in [-0.4, -0.2) is 12.4 Å². The Labute approximate surface area is 112 Å². The van der Waals surface area contributed by atoms with E-state index in [9.17, 15) is 8.42 Å². The summed E-state index contributed by atoms with van der Waals surface area (Å²) < 4.78 is 26.2. The van der Waals surface area contributed by atoms with E-state index in [-0.39, 0.29) is 5.75 Å². The lowest BCUT2D eigenvalue weighted by Crippen LogP contribution is -2.13. The molecule has 4 heteroatoms. The lowest BCUT2D eigenvalue weighted by molar-refractivity contribution is 0.588. The molecule has 0 bridgehead atoms. The Morgan fingerprint density at radius 1 is 0.842 bits per heavy atom. The van der Waals surface area contributed by atoms with Crippen LogP contribution in [0.4, 0.5) is 0 Å². The summed E-state index contributed by atoms with van der Waals surface area (Å²) in [5.74, 6) is 0.00646. The van der Waals surface area contributed by atoms with Crippen molar-refractivity contribution in [3.63, 3.8) is 0 Å². The van der Waals surface area contributed by atoms with E-state index in [0.717, 1.165) is 16.5 Å². The number of rotatable bonds is 3. The summed E-state index contributed by atoms with van der Waals surface area (Å²) in [5.41, 5.74) is 1.51. The van der Waals surface area contributed by atoms with E-state index in [2.05, 4.69) is 0 Å². The van der Waals surface area contributed by atoms with Crippen molar-refractivity contribution >= 4 is 20.9 Å². The first-order valence-corrected chi connectivity index (χ1v) is 7.61. The predicted molar refractivity (Wildman–Crippen MR) is 76.4 cm³/mol. The molecule has 1 aromatic heterocycles. The molecule has 2 aromatic carbocycles. The minimum absolute atomic E-state index is 0.00646. The summed E-state index contributed by atoms with van der Waals surface area (Å²) in [6.07, 6.45) is 1.61. The fourth-order valence-corrected chi connectivity index (χ4v) is 3.62. The van der Waals surface area contributed by atoms with E-state index >= 15 is 0 Å². The van der Waals surface area contributed by atoms with Crippen LogP contribution in [0.2, 0.25) is 0 Å². The first-order valence-electron chi connectivity index (χ1n) is 6.00. The molecular weight excluding hydrogens is 258 g/mol. The molecule has 0 unspecified atom stereocenters. The molecule has 0 aliphatic carbocycles. The van der Waals surface area contributed by atoms with Crippen LogP contribution in [-0.2, 0) is 15.8 Å². The summed E-state index contributed by atoms with van der Waals surface area (Å²) in [7, 11) is -3.38. The van der Waals surface area contributed by atoms with Crippen LogP contribution in [0.25, 0.3) is 10.9 Å². The number of hydrogen-bond donors (Lipinski definition) is 0. The van der Waals surface area contributed by atoms with Gasteiger partial charge in [-0.3, -0.25) is 0 Å². The molecule has 1 heterocycles. The molecule has 3 aromatic rings. The number of nitrogens with zero attached hydrogens (tertiary/aromatic N) is 1. The summed E-state index contributed by atoms with van der Waals surface area (Å²) in [6, 6.07) is 18.5. The average molecular weight is 271 g/mol. The highest BCUT2D eigenvalue weighted by Crippen LogP contribution is 2.19. The SMILES string of the molecule is O=S(=O)(Cc1ccccc1)n1ccc2ccccc21. The van der Waals surface area contributed by atoms with Crippen molar-refractivity contribution < 1.29 is 8.42 Å². The maximum absolute atomic E-state index is 12.4. The third-order valence-corrected chi connectivity index (χ3v) is 4.67. The number of para-hydroxylation sites is 1. The summed E-state index contributed by atoms with van der Waals surface area (Å²) in [4.78, 5) is 0. The normalized spacial score (nSPS) is 11.8. The van der Waals surface area contributed by atoms with Crippen LogP contribution in [0.3, 0.4) is 0 Å². The van der Waals surface area contributed by atoms with E-state index in [0.29, 0.717) is 0 Å². The molecule has 96 valence electrons. The molecule has 0 atom stereocenters. The molecule has 0 radical (unpaired) electrons. The van der Waals surface area contributed by atoms with Crippen LogP contribution in [0, 0.1) is 0 Å². The van der Waals surface area contributed by atoms with Crippen LogP contribution in [0.1, 0.15) is 5.56 Å². The average Bonchev–Trinajstić information content (AvgIpc) is 2.84. The van der Waals surface area contributed by atoms with Gasteiger partial charge in [-0.05, 0) is 17.7 Å². The second-order valence-corrected chi connectivity index (χ2v) is 6.26. The summed E-state index contributed by atoms with van der Waals surface area (Å²) in [6.45, 7) is 0. The van der Waals surface area contributed by atoms with Gasteiger partial charge in [0, 0.05) is 11.6 Å². The van der Waals surface area contributed by atoms with Crippen LogP contribution >= 0.6 is 0 Å². The third-order valence-electron chi connectivity index (χ3n) is 3.06. The second kappa shape index (κ2) is 4.55. The van der Waals surface area contributed by atoms with E-state index in [1.807, 2.05) is 60.7 Å². The standard InChI is InChI=1S/C15H13NO2S/c17-19(18,12-13-6-2-1-3-7-13)16-11-10-14-8-4-5-9-15(14)16/h1-11H,12H2. The Morgan fingerprint density at radius 3 is 2.32 bits per heavy atom. The molecule has 0 aliphatic heterocycles. The van der Waals surface area contributed by atoms with Gasteiger partial charge in [0.25, 0.3) is 0 Å².